The first kappa shape index (κ1) is 38.1. The number of carbonyl (C=O) groups is 4. The Balaban J connectivity index is 1.19. The average Bonchev–Trinajstić information content (AvgIpc) is 2.98. The van der Waals surface area contributed by atoms with Gasteiger partial charge in [-0.25, -0.2) is 19.2 Å². The molecular weight excluding hydrogens is 644 g/mol. The highest BCUT2D eigenvalue weighted by Gasteiger charge is 2.37. The zero-order valence-corrected chi connectivity index (χ0v) is 30.4. The fourth-order valence-corrected chi connectivity index (χ4v) is 5.67. The Bertz CT molecular complexity index is 1580. The molecule has 0 radical (unpaired) electrons. The summed E-state index contributed by atoms with van der Waals surface area (Å²) in [6, 6.07) is 8.84. The van der Waals surface area contributed by atoms with Gasteiger partial charge in [0.05, 0.1) is 5.69 Å². The normalized spacial score (nSPS) is 18.1. The summed E-state index contributed by atoms with van der Waals surface area (Å²) in [6.07, 6.45) is 2.32. The molecule has 1 saturated carbocycles. The smallest absolute Gasteiger partial charge is 0.408 e. The Morgan fingerprint density at radius 3 is 1.98 bits per heavy atom. The predicted molar refractivity (Wildman–Crippen MR) is 188 cm³/mol. The third-order valence-corrected chi connectivity index (χ3v) is 8.17. The first-order valence-electron chi connectivity index (χ1n) is 17.0. The number of alkyl carbamates (subject to hydrolysis) is 2. The number of benzene rings is 1. The summed E-state index contributed by atoms with van der Waals surface area (Å²) in [5, 5.41) is 11.7. The highest BCUT2D eigenvalue weighted by Crippen LogP contribution is 2.27. The molecule has 0 spiro atoms. The van der Waals surface area contributed by atoms with Gasteiger partial charge < -0.3 is 35.2 Å². The van der Waals surface area contributed by atoms with Crippen LogP contribution in [0.25, 0.3) is 5.69 Å². The molecule has 0 atom stereocenters. The molecule has 15 heteroatoms. The SMILES string of the molecule is CC(C)(C)OC(=O)NC(C)(C)C(=O)N1CCN(C(=O)Nc2ccn(-c3ccc(CNC[C@H]4C[C@@H](NC(=O)OC(C)(C)C)C4)cc3)c(=O)n2)CC1. The van der Waals surface area contributed by atoms with Crippen LogP contribution in [0.4, 0.5) is 20.2 Å². The standard InChI is InChI=1S/C35H52N8O7/c1-33(2,3)49-31(47)37-25-19-24(20-25)22-36-21-23-9-11-26(12-10-23)43-14-13-27(39-30(43)46)38-29(45)42-17-15-41(16-18-42)28(44)35(7,8)40-32(48)50-34(4,5)6/h9-14,24-25,36H,15-22H2,1-8H3,(H,37,47)(H,40,48)(H,38,39,45,46)/t24-,25+. The molecule has 5 amide bonds. The van der Waals surface area contributed by atoms with Crippen LogP contribution in [0.15, 0.2) is 41.3 Å². The average molecular weight is 697 g/mol. The summed E-state index contributed by atoms with van der Waals surface area (Å²) in [5.74, 6) is 0.326. The molecule has 15 nitrogen and oxygen atoms in total. The molecule has 1 saturated heterocycles. The number of nitrogens with zero attached hydrogens (tertiary/aromatic N) is 4. The molecule has 2 fully saturated rings. The van der Waals surface area contributed by atoms with E-state index >= 15 is 0 Å². The van der Waals surface area contributed by atoms with Crippen LogP contribution in [0.1, 0.15) is 73.8 Å². The Hall–Kier alpha value is -4.66. The number of hydrogen-bond acceptors (Lipinski definition) is 9. The maximum atomic E-state index is 13.1. The highest BCUT2D eigenvalue weighted by molar-refractivity contribution is 5.90. The van der Waals surface area contributed by atoms with Crippen molar-refractivity contribution in [1.82, 2.24) is 35.3 Å². The van der Waals surface area contributed by atoms with Crippen LogP contribution in [0.3, 0.4) is 0 Å². The molecule has 1 aromatic heterocycles. The predicted octanol–water partition coefficient (Wildman–Crippen LogP) is 3.60. The fraction of sp³-hybridized carbons (Fsp3) is 0.600. The third kappa shape index (κ3) is 11.2. The van der Waals surface area contributed by atoms with Crippen molar-refractivity contribution < 1.29 is 28.7 Å². The number of carbonyl (C=O) groups excluding carboxylic acids is 4. The van der Waals surface area contributed by atoms with Crippen LogP contribution in [0.5, 0.6) is 0 Å². The van der Waals surface area contributed by atoms with E-state index in [2.05, 4.69) is 26.3 Å². The highest BCUT2D eigenvalue weighted by atomic mass is 16.6. The number of rotatable bonds is 9. The first-order valence-corrected chi connectivity index (χ1v) is 17.0. The van der Waals surface area contributed by atoms with Gasteiger partial charge in [-0.05, 0) is 104 Å². The molecule has 1 aliphatic carbocycles. The second-order valence-electron chi connectivity index (χ2n) is 15.4. The Morgan fingerprint density at radius 2 is 1.40 bits per heavy atom. The fourth-order valence-electron chi connectivity index (χ4n) is 5.67. The van der Waals surface area contributed by atoms with E-state index in [-0.39, 0.29) is 50.0 Å². The van der Waals surface area contributed by atoms with E-state index in [1.165, 1.54) is 4.57 Å². The van der Waals surface area contributed by atoms with Gasteiger partial charge in [-0.1, -0.05) is 12.1 Å². The van der Waals surface area contributed by atoms with Gasteiger partial charge in [0.1, 0.15) is 22.6 Å². The van der Waals surface area contributed by atoms with Crippen molar-refractivity contribution in [3.63, 3.8) is 0 Å². The van der Waals surface area contributed by atoms with Gasteiger partial charge in [0.15, 0.2) is 0 Å². The lowest BCUT2D eigenvalue weighted by Crippen LogP contribution is -2.60. The van der Waals surface area contributed by atoms with Crippen LogP contribution in [0.2, 0.25) is 0 Å². The van der Waals surface area contributed by atoms with E-state index in [1.54, 1.807) is 56.7 Å². The van der Waals surface area contributed by atoms with Gasteiger partial charge in [-0.2, -0.15) is 4.98 Å². The quantitative estimate of drug-likeness (QED) is 0.305. The maximum Gasteiger partial charge on any atom is 0.408 e. The number of piperazine rings is 1. The number of nitrogens with one attached hydrogen (secondary N) is 4. The van der Waals surface area contributed by atoms with Crippen molar-refractivity contribution in [1.29, 1.82) is 0 Å². The summed E-state index contributed by atoms with van der Waals surface area (Å²) < 4.78 is 12.0. The summed E-state index contributed by atoms with van der Waals surface area (Å²) in [5.41, 5.74) is -1.23. The minimum absolute atomic E-state index is 0.123. The molecule has 1 aliphatic heterocycles. The van der Waals surface area contributed by atoms with Gasteiger partial charge >= 0.3 is 23.9 Å². The lowest BCUT2D eigenvalue weighted by Gasteiger charge is -2.38. The summed E-state index contributed by atoms with van der Waals surface area (Å²) in [7, 11) is 0. The number of hydrogen-bond donors (Lipinski definition) is 4. The molecule has 0 unspecified atom stereocenters. The van der Waals surface area contributed by atoms with Crippen molar-refractivity contribution in [3.8, 4) is 5.69 Å². The van der Waals surface area contributed by atoms with Gasteiger partial charge in [-0.3, -0.25) is 14.7 Å². The summed E-state index contributed by atoms with van der Waals surface area (Å²) >= 11 is 0. The van der Waals surface area contributed by atoms with Crippen molar-refractivity contribution in [2.45, 2.75) is 97.6 Å². The van der Waals surface area contributed by atoms with E-state index in [0.29, 0.717) is 18.2 Å². The van der Waals surface area contributed by atoms with Gasteiger partial charge in [0, 0.05) is 45.0 Å². The minimum Gasteiger partial charge on any atom is -0.444 e. The molecular formula is C35H52N8O7. The van der Waals surface area contributed by atoms with E-state index in [0.717, 1.165) is 24.9 Å². The largest absolute Gasteiger partial charge is 0.444 e. The second kappa shape index (κ2) is 15.5. The van der Waals surface area contributed by atoms with Crippen LogP contribution in [-0.4, -0.2) is 99.0 Å². The molecule has 1 aromatic carbocycles. The zero-order valence-electron chi connectivity index (χ0n) is 30.4. The Kier molecular flexibility index (Phi) is 11.8. The van der Waals surface area contributed by atoms with Crippen molar-refractivity contribution in [3.05, 3.63) is 52.6 Å². The van der Waals surface area contributed by atoms with E-state index in [4.69, 9.17) is 9.47 Å². The maximum absolute atomic E-state index is 13.1. The van der Waals surface area contributed by atoms with Gasteiger partial charge in [0.25, 0.3) is 0 Å². The molecule has 274 valence electrons. The Labute approximate surface area is 293 Å². The molecule has 50 heavy (non-hydrogen) atoms. The van der Waals surface area contributed by atoms with E-state index in [9.17, 15) is 24.0 Å². The number of aromatic nitrogens is 2. The van der Waals surface area contributed by atoms with Crippen LogP contribution in [0, 0.1) is 5.92 Å². The summed E-state index contributed by atoms with van der Waals surface area (Å²) in [4.78, 5) is 70.2. The van der Waals surface area contributed by atoms with Gasteiger partial charge in [-0.15, -0.1) is 0 Å². The molecule has 2 aromatic rings. The summed E-state index contributed by atoms with van der Waals surface area (Å²) in [6.45, 7) is 16.6. The minimum atomic E-state index is -1.19. The Morgan fingerprint density at radius 1 is 0.820 bits per heavy atom. The molecule has 4 rings (SSSR count). The van der Waals surface area contributed by atoms with Crippen LogP contribution < -0.4 is 27.0 Å². The lowest BCUT2D eigenvalue weighted by molar-refractivity contribution is -0.138. The lowest BCUT2D eigenvalue weighted by atomic mass is 9.80. The topological polar surface area (TPSA) is 176 Å². The zero-order chi connectivity index (χ0) is 36.9. The monoisotopic (exact) mass is 696 g/mol. The molecule has 0 bridgehead atoms. The van der Waals surface area contributed by atoms with E-state index < -0.39 is 34.6 Å². The number of anilines is 1. The number of amides is 5. The number of ether oxygens (including phenoxy) is 2. The molecule has 2 heterocycles. The van der Waals surface area contributed by atoms with Crippen molar-refractivity contribution >= 4 is 29.9 Å². The van der Waals surface area contributed by atoms with E-state index in [1.807, 2.05) is 45.0 Å². The van der Waals surface area contributed by atoms with Gasteiger partial charge in [0.2, 0.25) is 5.91 Å². The van der Waals surface area contributed by atoms with Crippen LogP contribution in [-0.2, 0) is 20.8 Å². The number of urea groups is 1. The second-order valence-corrected chi connectivity index (χ2v) is 15.4. The molecule has 2 aliphatic rings. The van der Waals surface area contributed by atoms with Crippen molar-refractivity contribution in [2.24, 2.45) is 5.92 Å². The third-order valence-electron chi connectivity index (χ3n) is 8.17. The molecule has 4 N–H and O–H groups in total. The van der Waals surface area contributed by atoms with Crippen LogP contribution >= 0.6 is 0 Å². The first-order chi connectivity index (χ1) is 23.3. The van der Waals surface area contributed by atoms with Crippen molar-refractivity contribution in [2.75, 3.05) is 38.0 Å².